The summed E-state index contributed by atoms with van der Waals surface area (Å²) in [5.41, 5.74) is 0.901. The van der Waals surface area contributed by atoms with Crippen molar-refractivity contribution < 1.29 is 8.42 Å². The first-order chi connectivity index (χ1) is 9.11. The number of hydrogen-bond acceptors (Lipinski definition) is 3. The van der Waals surface area contributed by atoms with Crippen LogP contribution < -0.4 is 5.32 Å². The number of likely N-dealkylation sites (N-methyl/N-ethyl adjacent to an activating group) is 1. The van der Waals surface area contributed by atoms with E-state index in [0.29, 0.717) is 18.0 Å². The molecule has 20 heavy (non-hydrogen) atoms. The van der Waals surface area contributed by atoms with Gasteiger partial charge in [-0.1, -0.05) is 25.1 Å². The summed E-state index contributed by atoms with van der Waals surface area (Å²) >= 11 is 0. The number of rotatable bonds is 5. The van der Waals surface area contributed by atoms with Crippen LogP contribution >= 0.6 is 12.4 Å². The largest absolute Gasteiger partial charge is 0.318 e. The Bertz CT molecular complexity index is 534. The Morgan fingerprint density at radius 3 is 2.70 bits per heavy atom. The fraction of sp³-hybridized carbons (Fsp3) is 0.571. The van der Waals surface area contributed by atoms with Crippen LogP contribution in [-0.2, 0) is 16.4 Å². The molecule has 2 rings (SSSR count). The van der Waals surface area contributed by atoms with Gasteiger partial charge in [0.2, 0.25) is 10.0 Å². The third-order valence-electron chi connectivity index (χ3n) is 3.70. The Labute approximate surface area is 128 Å². The normalized spacial score (nSPS) is 19.8. The van der Waals surface area contributed by atoms with Gasteiger partial charge in [0, 0.05) is 19.1 Å². The number of hydrogen-bond donors (Lipinski definition) is 1. The number of nitrogens with zero attached hydrogens (tertiary/aromatic N) is 1. The fourth-order valence-corrected chi connectivity index (χ4v) is 4.73. The molecule has 114 valence electrons. The van der Waals surface area contributed by atoms with E-state index in [1.807, 2.05) is 26.1 Å². The molecule has 1 aromatic carbocycles. The standard InChI is InChI=1S/C14H22N2O2S.ClH/c1-3-12-7-4-5-9-14(12)19(17,18)16-10-6-8-13(16)11-15-2;/h4-5,7,9,13,15H,3,6,8,10-11H2,1-2H3;1H. The molecule has 4 nitrogen and oxygen atoms in total. The van der Waals surface area contributed by atoms with Crippen molar-refractivity contribution in [1.29, 1.82) is 0 Å². The van der Waals surface area contributed by atoms with Crippen molar-refractivity contribution >= 4 is 22.4 Å². The Morgan fingerprint density at radius 1 is 1.35 bits per heavy atom. The average Bonchev–Trinajstić information content (AvgIpc) is 2.88. The van der Waals surface area contributed by atoms with Gasteiger partial charge in [-0.05, 0) is 37.9 Å². The summed E-state index contributed by atoms with van der Waals surface area (Å²) in [6.45, 7) is 3.34. The lowest BCUT2D eigenvalue weighted by Crippen LogP contribution is -2.41. The summed E-state index contributed by atoms with van der Waals surface area (Å²) in [6, 6.07) is 7.40. The van der Waals surface area contributed by atoms with Crippen molar-refractivity contribution in [3.8, 4) is 0 Å². The van der Waals surface area contributed by atoms with Crippen molar-refractivity contribution in [2.24, 2.45) is 0 Å². The molecule has 1 fully saturated rings. The first-order valence-electron chi connectivity index (χ1n) is 6.85. The summed E-state index contributed by atoms with van der Waals surface area (Å²) in [7, 11) is -1.50. The molecule has 0 bridgehead atoms. The van der Waals surface area contributed by atoms with Crippen LogP contribution in [0.3, 0.4) is 0 Å². The monoisotopic (exact) mass is 318 g/mol. The Hall–Kier alpha value is -0.620. The molecule has 1 heterocycles. The van der Waals surface area contributed by atoms with Gasteiger partial charge in [0.15, 0.2) is 0 Å². The van der Waals surface area contributed by atoms with Crippen LogP contribution in [-0.4, -0.2) is 38.9 Å². The highest BCUT2D eigenvalue weighted by molar-refractivity contribution is 7.89. The molecule has 1 aromatic rings. The highest BCUT2D eigenvalue weighted by Gasteiger charge is 2.35. The van der Waals surface area contributed by atoms with E-state index < -0.39 is 10.0 Å². The van der Waals surface area contributed by atoms with E-state index in [-0.39, 0.29) is 18.4 Å². The van der Waals surface area contributed by atoms with Gasteiger partial charge in [0.05, 0.1) is 4.90 Å². The van der Waals surface area contributed by atoms with E-state index in [4.69, 9.17) is 0 Å². The highest BCUT2D eigenvalue weighted by Crippen LogP contribution is 2.27. The maximum atomic E-state index is 12.8. The van der Waals surface area contributed by atoms with Crippen LogP contribution in [0.4, 0.5) is 0 Å². The molecule has 1 saturated heterocycles. The second-order valence-electron chi connectivity index (χ2n) is 4.93. The maximum Gasteiger partial charge on any atom is 0.243 e. The van der Waals surface area contributed by atoms with Crippen LogP contribution in [0.1, 0.15) is 25.3 Å². The molecule has 0 aliphatic carbocycles. The lowest BCUT2D eigenvalue weighted by Gasteiger charge is -2.24. The first kappa shape index (κ1) is 17.4. The number of sulfonamides is 1. The number of nitrogens with one attached hydrogen (secondary N) is 1. The number of aryl methyl sites for hydroxylation is 1. The molecule has 0 spiro atoms. The molecule has 6 heteroatoms. The van der Waals surface area contributed by atoms with Gasteiger partial charge in [-0.2, -0.15) is 4.31 Å². The van der Waals surface area contributed by atoms with Crippen LogP contribution in [0.5, 0.6) is 0 Å². The molecule has 1 aliphatic rings. The van der Waals surface area contributed by atoms with Crippen molar-refractivity contribution in [3.05, 3.63) is 29.8 Å². The van der Waals surface area contributed by atoms with E-state index in [2.05, 4.69) is 5.32 Å². The van der Waals surface area contributed by atoms with Gasteiger partial charge in [-0.15, -0.1) is 12.4 Å². The predicted molar refractivity (Wildman–Crippen MR) is 83.9 cm³/mol. The van der Waals surface area contributed by atoms with E-state index in [1.165, 1.54) is 0 Å². The third-order valence-corrected chi connectivity index (χ3v) is 5.76. The van der Waals surface area contributed by atoms with Gasteiger partial charge < -0.3 is 5.32 Å². The lowest BCUT2D eigenvalue weighted by molar-refractivity contribution is 0.379. The maximum absolute atomic E-state index is 12.8. The second kappa shape index (κ2) is 7.41. The lowest BCUT2D eigenvalue weighted by atomic mass is 10.2. The number of halogens is 1. The number of benzene rings is 1. The van der Waals surface area contributed by atoms with E-state index in [1.54, 1.807) is 16.4 Å². The quantitative estimate of drug-likeness (QED) is 0.904. The Kier molecular flexibility index (Phi) is 6.45. The SMILES string of the molecule is CCc1ccccc1S(=O)(=O)N1CCCC1CNC.Cl. The van der Waals surface area contributed by atoms with Crippen molar-refractivity contribution in [2.75, 3.05) is 20.1 Å². The van der Waals surface area contributed by atoms with E-state index in [0.717, 1.165) is 24.8 Å². The summed E-state index contributed by atoms with van der Waals surface area (Å²) in [5, 5.41) is 3.09. The zero-order valence-corrected chi connectivity index (χ0v) is 13.6. The molecule has 1 aliphatic heterocycles. The molecular formula is C14H23ClN2O2S. The predicted octanol–water partition coefficient (Wildman–Crippen LogP) is 2.04. The molecule has 0 amide bonds. The van der Waals surface area contributed by atoms with Crippen LogP contribution in [0, 0.1) is 0 Å². The van der Waals surface area contributed by atoms with Gasteiger partial charge in [-0.3, -0.25) is 0 Å². The zero-order valence-electron chi connectivity index (χ0n) is 12.0. The smallest absolute Gasteiger partial charge is 0.243 e. The molecule has 0 saturated carbocycles. The molecule has 1 N–H and O–H groups in total. The fourth-order valence-electron chi connectivity index (χ4n) is 2.74. The van der Waals surface area contributed by atoms with Gasteiger partial charge >= 0.3 is 0 Å². The summed E-state index contributed by atoms with van der Waals surface area (Å²) < 4.78 is 27.3. The highest BCUT2D eigenvalue weighted by atomic mass is 35.5. The summed E-state index contributed by atoms with van der Waals surface area (Å²) in [6.07, 6.45) is 2.62. The van der Waals surface area contributed by atoms with Gasteiger partial charge in [-0.25, -0.2) is 8.42 Å². The van der Waals surface area contributed by atoms with Crippen molar-refractivity contribution in [1.82, 2.24) is 9.62 Å². The minimum atomic E-state index is -3.36. The van der Waals surface area contributed by atoms with Crippen LogP contribution in [0.25, 0.3) is 0 Å². The topological polar surface area (TPSA) is 49.4 Å². The Morgan fingerprint density at radius 2 is 2.05 bits per heavy atom. The second-order valence-corrected chi connectivity index (χ2v) is 6.79. The van der Waals surface area contributed by atoms with E-state index >= 15 is 0 Å². The minimum absolute atomic E-state index is 0. The first-order valence-corrected chi connectivity index (χ1v) is 8.29. The molecule has 0 radical (unpaired) electrons. The third kappa shape index (κ3) is 3.34. The van der Waals surface area contributed by atoms with E-state index in [9.17, 15) is 8.42 Å². The molecule has 0 aromatic heterocycles. The molecule has 1 atom stereocenters. The van der Waals surface area contributed by atoms with Crippen LogP contribution in [0.15, 0.2) is 29.2 Å². The zero-order chi connectivity index (χ0) is 13.9. The van der Waals surface area contributed by atoms with Crippen LogP contribution in [0.2, 0.25) is 0 Å². The van der Waals surface area contributed by atoms with Crippen molar-refractivity contribution in [3.63, 3.8) is 0 Å². The average molecular weight is 319 g/mol. The van der Waals surface area contributed by atoms with Crippen molar-refractivity contribution in [2.45, 2.75) is 37.1 Å². The molecular weight excluding hydrogens is 296 g/mol. The summed E-state index contributed by atoms with van der Waals surface area (Å²) in [5.74, 6) is 0. The van der Waals surface area contributed by atoms with Gasteiger partial charge in [0.25, 0.3) is 0 Å². The molecule has 1 unspecified atom stereocenters. The summed E-state index contributed by atoms with van der Waals surface area (Å²) in [4.78, 5) is 0.473. The van der Waals surface area contributed by atoms with Gasteiger partial charge in [0.1, 0.15) is 0 Å². The minimum Gasteiger partial charge on any atom is -0.318 e. The Balaban J connectivity index is 0.00000200.